The van der Waals surface area contributed by atoms with Crippen LogP contribution in [0.15, 0.2) is 58.1 Å². The van der Waals surface area contributed by atoms with Crippen LogP contribution in [-0.2, 0) is 17.8 Å². The van der Waals surface area contributed by atoms with Crippen LogP contribution in [0.1, 0.15) is 16.7 Å². The number of carbonyl (C=O) groups excluding carboxylic acids is 1. The topological polar surface area (TPSA) is 78.4 Å². The summed E-state index contributed by atoms with van der Waals surface area (Å²) in [7, 11) is 1.54. The molecule has 1 amide bonds. The number of carbonyl (C=O) groups is 1. The zero-order chi connectivity index (χ0) is 24.1. The quantitative estimate of drug-likeness (QED) is 0.277. The van der Waals surface area contributed by atoms with E-state index in [0.717, 1.165) is 11.1 Å². The van der Waals surface area contributed by atoms with Crippen molar-refractivity contribution in [2.45, 2.75) is 13.0 Å². The Labute approximate surface area is 214 Å². The molecule has 3 aromatic carbocycles. The van der Waals surface area contributed by atoms with Gasteiger partial charge in [-0.05, 0) is 63.5 Å². The molecule has 0 fully saturated rings. The standard InChI is InChI=1S/C24H19BrCl2N2O5/c1-31-22-8-15(6-18(25)24(22)32-12-16-3-4-17(26)10-19(16)27)11-28-29-23(30)9-14-2-5-20-21(7-14)34-13-33-20/h2-8,10-11H,9,12-13H2,1H3,(H,29,30)/b28-11-. The summed E-state index contributed by atoms with van der Waals surface area (Å²) < 4.78 is 22.7. The number of nitrogens with one attached hydrogen (secondary N) is 1. The van der Waals surface area contributed by atoms with E-state index in [1.54, 1.807) is 42.5 Å². The van der Waals surface area contributed by atoms with E-state index in [1.807, 2.05) is 6.07 Å². The van der Waals surface area contributed by atoms with Gasteiger partial charge in [0.1, 0.15) is 6.61 Å². The number of methoxy groups -OCH3 is 1. The second kappa shape index (κ2) is 11.0. The van der Waals surface area contributed by atoms with Gasteiger partial charge in [-0.25, -0.2) is 5.43 Å². The minimum absolute atomic E-state index is 0.154. The van der Waals surface area contributed by atoms with E-state index in [2.05, 4.69) is 26.5 Å². The van der Waals surface area contributed by atoms with Gasteiger partial charge in [0, 0.05) is 15.6 Å². The maximum absolute atomic E-state index is 12.2. The molecule has 4 rings (SSSR count). The van der Waals surface area contributed by atoms with Crippen LogP contribution in [0.5, 0.6) is 23.0 Å². The van der Waals surface area contributed by atoms with Crippen molar-refractivity contribution in [2.75, 3.05) is 13.9 Å². The largest absolute Gasteiger partial charge is 0.493 e. The molecule has 1 heterocycles. The molecule has 1 N–H and O–H groups in total. The zero-order valence-corrected chi connectivity index (χ0v) is 21.0. The van der Waals surface area contributed by atoms with Crippen LogP contribution < -0.4 is 24.4 Å². The van der Waals surface area contributed by atoms with Crippen LogP contribution in [-0.4, -0.2) is 26.0 Å². The number of ether oxygens (including phenoxy) is 4. The van der Waals surface area contributed by atoms with Crippen LogP contribution >= 0.6 is 39.1 Å². The normalized spacial score (nSPS) is 12.1. The third-order valence-electron chi connectivity index (χ3n) is 4.84. The monoisotopic (exact) mass is 564 g/mol. The van der Waals surface area contributed by atoms with E-state index >= 15 is 0 Å². The van der Waals surface area contributed by atoms with Gasteiger partial charge in [-0.1, -0.05) is 35.3 Å². The van der Waals surface area contributed by atoms with Crippen molar-refractivity contribution < 1.29 is 23.7 Å². The number of benzene rings is 3. The van der Waals surface area contributed by atoms with E-state index < -0.39 is 0 Å². The first kappa shape index (κ1) is 24.2. The number of hydrogen-bond acceptors (Lipinski definition) is 6. The minimum atomic E-state index is -0.263. The SMILES string of the molecule is COc1cc(/C=N\NC(=O)Cc2ccc3c(c2)OCO3)cc(Br)c1OCc1ccc(Cl)cc1Cl. The van der Waals surface area contributed by atoms with Crippen molar-refractivity contribution in [1.29, 1.82) is 0 Å². The highest BCUT2D eigenvalue weighted by Crippen LogP contribution is 2.37. The molecular formula is C24H19BrCl2N2O5. The maximum Gasteiger partial charge on any atom is 0.244 e. The molecule has 3 aromatic rings. The van der Waals surface area contributed by atoms with E-state index in [1.165, 1.54) is 13.3 Å². The van der Waals surface area contributed by atoms with E-state index in [4.69, 9.17) is 42.1 Å². The maximum atomic E-state index is 12.2. The molecule has 7 nitrogen and oxygen atoms in total. The van der Waals surface area contributed by atoms with Gasteiger partial charge >= 0.3 is 0 Å². The Morgan fingerprint density at radius 3 is 2.76 bits per heavy atom. The summed E-state index contributed by atoms with van der Waals surface area (Å²) in [5.74, 6) is 2.04. The predicted octanol–water partition coefficient (Wildman–Crippen LogP) is 5.77. The van der Waals surface area contributed by atoms with E-state index in [0.29, 0.717) is 43.1 Å². The fourth-order valence-corrected chi connectivity index (χ4v) is 4.23. The fourth-order valence-electron chi connectivity index (χ4n) is 3.20. The zero-order valence-electron chi connectivity index (χ0n) is 17.9. The summed E-state index contributed by atoms with van der Waals surface area (Å²) in [6, 6.07) is 14.1. The number of rotatable bonds is 8. The van der Waals surface area contributed by atoms with Crippen molar-refractivity contribution in [3.63, 3.8) is 0 Å². The molecule has 0 spiro atoms. The highest BCUT2D eigenvalue weighted by molar-refractivity contribution is 9.10. The predicted molar refractivity (Wildman–Crippen MR) is 133 cm³/mol. The third-order valence-corrected chi connectivity index (χ3v) is 6.02. The molecular weight excluding hydrogens is 547 g/mol. The van der Waals surface area contributed by atoms with Crippen LogP contribution in [0, 0.1) is 0 Å². The third kappa shape index (κ3) is 5.94. The Kier molecular flexibility index (Phi) is 7.82. The second-order valence-electron chi connectivity index (χ2n) is 7.22. The number of fused-ring (bicyclic) bond motifs is 1. The first-order chi connectivity index (χ1) is 16.4. The van der Waals surface area contributed by atoms with Gasteiger partial charge in [-0.2, -0.15) is 5.10 Å². The van der Waals surface area contributed by atoms with Crippen LogP contribution in [0.4, 0.5) is 0 Å². The van der Waals surface area contributed by atoms with Gasteiger partial charge in [0.2, 0.25) is 12.7 Å². The van der Waals surface area contributed by atoms with Crippen molar-refractivity contribution in [3.05, 3.63) is 79.7 Å². The molecule has 10 heteroatoms. The molecule has 34 heavy (non-hydrogen) atoms. The Morgan fingerprint density at radius 2 is 1.97 bits per heavy atom. The van der Waals surface area contributed by atoms with Crippen LogP contribution in [0.3, 0.4) is 0 Å². The van der Waals surface area contributed by atoms with Crippen LogP contribution in [0.2, 0.25) is 10.0 Å². The molecule has 0 atom stereocenters. The lowest BCUT2D eigenvalue weighted by molar-refractivity contribution is -0.120. The van der Waals surface area contributed by atoms with Gasteiger partial charge in [-0.3, -0.25) is 4.79 Å². The summed E-state index contributed by atoms with van der Waals surface area (Å²) in [4.78, 5) is 12.2. The summed E-state index contributed by atoms with van der Waals surface area (Å²) in [5.41, 5.74) is 4.80. The fraction of sp³-hybridized carbons (Fsp3) is 0.167. The molecule has 0 bridgehead atoms. The molecule has 176 valence electrons. The molecule has 0 aliphatic carbocycles. The van der Waals surface area contributed by atoms with E-state index in [-0.39, 0.29) is 25.7 Å². The average Bonchev–Trinajstić information content (AvgIpc) is 3.27. The molecule has 0 aromatic heterocycles. The van der Waals surface area contributed by atoms with Crippen molar-refractivity contribution in [3.8, 4) is 23.0 Å². The Balaban J connectivity index is 1.38. The van der Waals surface area contributed by atoms with Crippen molar-refractivity contribution in [2.24, 2.45) is 5.10 Å². The summed E-state index contributed by atoms with van der Waals surface area (Å²) in [5, 5.41) is 5.11. The first-order valence-corrected chi connectivity index (χ1v) is 11.6. The Hall–Kier alpha value is -2.94. The van der Waals surface area contributed by atoms with Crippen LogP contribution in [0.25, 0.3) is 0 Å². The molecule has 1 aliphatic rings. The first-order valence-electron chi connectivity index (χ1n) is 10.1. The summed E-state index contributed by atoms with van der Waals surface area (Å²) in [6.45, 7) is 0.418. The Morgan fingerprint density at radius 1 is 1.15 bits per heavy atom. The van der Waals surface area contributed by atoms with Crippen molar-refractivity contribution >= 4 is 51.3 Å². The number of hydrogen-bond donors (Lipinski definition) is 1. The van der Waals surface area contributed by atoms with Gasteiger partial charge in [0.15, 0.2) is 23.0 Å². The molecule has 1 aliphatic heterocycles. The number of nitrogens with zero attached hydrogens (tertiary/aromatic N) is 1. The lowest BCUT2D eigenvalue weighted by atomic mass is 10.1. The number of halogens is 3. The second-order valence-corrected chi connectivity index (χ2v) is 8.91. The molecule has 0 saturated heterocycles. The lowest BCUT2D eigenvalue weighted by Crippen LogP contribution is -2.19. The number of amides is 1. The van der Waals surface area contributed by atoms with Gasteiger partial charge in [-0.15, -0.1) is 0 Å². The minimum Gasteiger partial charge on any atom is -0.493 e. The van der Waals surface area contributed by atoms with E-state index in [9.17, 15) is 4.79 Å². The average molecular weight is 566 g/mol. The number of hydrazone groups is 1. The highest BCUT2D eigenvalue weighted by Gasteiger charge is 2.15. The van der Waals surface area contributed by atoms with Gasteiger partial charge in [0.25, 0.3) is 0 Å². The van der Waals surface area contributed by atoms with Gasteiger partial charge in [0.05, 0.1) is 24.2 Å². The Bertz CT molecular complexity index is 1250. The van der Waals surface area contributed by atoms with Gasteiger partial charge < -0.3 is 18.9 Å². The summed E-state index contributed by atoms with van der Waals surface area (Å²) in [6.07, 6.45) is 1.67. The lowest BCUT2D eigenvalue weighted by Gasteiger charge is -2.14. The van der Waals surface area contributed by atoms with Crippen molar-refractivity contribution in [1.82, 2.24) is 5.43 Å². The smallest absolute Gasteiger partial charge is 0.244 e. The summed E-state index contributed by atoms with van der Waals surface area (Å²) >= 11 is 15.7. The molecule has 0 saturated carbocycles. The molecule has 0 radical (unpaired) electrons. The molecule has 0 unspecified atom stereocenters. The highest BCUT2D eigenvalue weighted by atomic mass is 79.9.